The van der Waals surface area contributed by atoms with Crippen LogP contribution in [0.4, 0.5) is 0 Å². The first-order valence-electron chi connectivity index (χ1n) is 8.95. The topological polar surface area (TPSA) is 114 Å². The van der Waals surface area contributed by atoms with Crippen molar-refractivity contribution >= 4 is 21.8 Å². The smallest absolute Gasteiger partial charge is 0.217 e. The Hall–Kier alpha value is -2.40. The third-order valence-corrected chi connectivity index (χ3v) is 6.77. The monoisotopic (exact) mass is 424 g/mol. The van der Waals surface area contributed by atoms with Crippen molar-refractivity contribution in [3.05, 3.63) is 34.3 Å². The number of hydrogen-bond acceptors (Lipinski definition) is 6. The predicted molar refractivity (Wildman–Crippen MR) is 97.8 cm³/mol. The fourth-order valence-corrected chi connectivity index (χ4v) is 5.24. The average molecular weight is 425 g/mol. The minimum Gasteiger partial charge on any atom is -0.447 e. The standard InChI is InChI=1S/C20H17BrN4O2/c21-14-7-5-13(6-8-14)16-18(10-22,11-23)19(12-24)15-4-2-1-3-9-20(15,26-16)27-17(19)25/h5-8,15-16,25H,1-4,9H2/t15-,16-,19+,20+/m1/s1. The minimum atomic E-state index is -1.86. The maximum Gasteiger partial charge on any atom is 0.217 e. The second kappa shape index (κ2) is 6.06. The number of nitrogens with zero attached hydrogens (tertiary/aromatic N) is 3. The Kier molecular flexibility index (Phi) is 4.04. The fourth-order valence-electron chi connectivity index (χ4n) is 4.98. The third-order valence-electron chi connectivity index (χ3n) is 6.24. The Labute approximate surface area is 165 Å². The molecule has 3 fully saturated rings. The van der Waals surface area contributed by atoms with E-state index in [1.807, 2.05) is 12.1 Å². The van der Waals surface area contributed by atoms with Crippen LogP contribution >= 0.6 is 15.9 Å². The zero-order valence-corrected chi connectivity index (χ0v) is 16.1. The second-order valence-electron chi connectivity index (χ2n) is 7.40. The summed E-state index contributed by atoms with van der Waals surface area (Å²) in [4.78, 5) is 0. The highest BCUT2D eigenvalue weighted by Gasteiger charge is 2.80. The van der Waals surface area contributed by atoms with Crippen LogP contribution in [0, 0.1) is 56.2 Å². The van der Waals surface area contributed by atoms with Crippen molar-refractivity contribution in [3.8, 4) is 18.2 Å². The van der Waals surface area contributed by atoms with Crippen LogP contribution in [0.15, 0.2) is 28.7 Å². The molecule has 1 aromatic rings. The van der Waals surface area contributed by atoms with E-state index in [1.165, 1.54) is 0 Å². The molecule has 6 nitrogen and oxygen atoms in total. The van der Waals surface area contributed by atoms with E-state index in [0.717, 1.165) is 23.7 Å². The first-order chi connectivity index (χ1) is 13.0. The summed E-state index contributed by atoms with van der Waals surface area (Å²) in [5, 5.41) is 39.0. The second-order valence-corrected chi connectivity index (χ2v) is 8.31. The molecule has 1 saturated carbocycles. The van der Waals surface area contributed by atoms with Crippen molar-refractivity contribution in [1.29, 1.82) is 21.2 Å². The van der Waals surface area contributed by atoms with E-state index in [9.17, 15) is 15.8 Å². The van der Waals surface area contributed by atoms with Crippen molar-refractivity contribution in [3.63, 3.8) is 0 Å². The summed E-state index contributed by atoms with van der Waals surface area (Å²) in [5.41, 5.74) is -2.88. The Morgan fingerprint density at radius 1 is 1.04 bits per heavy atom. The van der Waals surface area contributed by atoms with Gasteiger partial charge in [-0.1, -0.05) is 40.9 Å². The summed E-state index contributed by atoms with van der Waals surface area (Å²) < 4.78 is 13.2. The molecule has 0 radical (unpaired) electrons. The molecule has 2 bridgehead atoms. The molecule has 0 unspecified atom stereocenters. The molecule has 136 valence electrons. The van der Waals surface area contributed by atoms with Gasteiger partial charge < -0.3 is 9.47 Å². The fraction of sp³-hybridized carbons (Fsp3) is 0.500. The van der Waals surface area contributed by atoms with Crippen molar-refractivity contribution in [1.82, 2.24) is 0 Å². The molecule has 4 rings (SSSR count). The molecule has 27 heavy (non-hydrogen) atoms. The van der Waals surface area contributed by atoms with E-state index in [0.29, 0.717) is 18.4 Å². The molecule has 0 amide bonds. The van der Waals surface area contributed by atoms with Crippen LogP contribution < -0.4 is 0 Å². The van der Waals surface area contributed by atoms with Crippen LogP contribution in [0.3, 0.4) is 0 Å². The highest BCUT2D eigenvalue weighted by atomic mass is 79.9. The van der Waals surface area contributed by atoms with E-state index < -0.39 is 28.6 Å². The number of nitrogens with one attached hydrogen (secondary N) is 1. The maximum absolute atomic E-state index is 10.2. The largest absolute Gasteiger partial charge is 0.447 e. The lowest BCUT2D eigenvalue weighted by Crippen LogP contribution is -2.59. The van der Waals surface area contributed by atoms with E-state index >= 15 is 0 Å². The van der Waals surface area contributed by atoms with Gasteiger partial charge in [-0.2, -0.15) is 15.8 Å². The molecule has 0 aromatic heterocycles. The van der Waals surface area contributed by atoms with Crippen molar-refractivity contribution in [2.24, 2.45) is 16.7 Å². The normalized spacial score (nSPS) is 36.3. The Bertz CT molecular complexity index is 911. The number of rotatable bonds is 1. The van der Waals surface area contributed by atoms with Gasteiger partial charge in [-0.25, -0.2) is 0 Å². The van der Waals surface area contributed by atoms with Gasteiger partial charge in [0.2, 0.25) is 17.1 Å². The van der Waals surface area contributed by atoms with Crippen LogP contribution in [-0.2, 0) is 9.47 Å². The quantitative estimate of drug-likeness (QED) is 0.719. The van der Waals surface area contributed by atoms with Gasteiger partial charge >= 0.3 is 0 Å². The first-order valence-corrected chi connectivity index (χ1v) is 9.74. The lowest BCUT2D eigenvalue weighted by atomic mass is 9.52. The molecule has 7 heteroatoms. The Morgan fingerprint density at radius 2 is 1.74 bits per heavy atom. The summed E-state index contributed by atoms with van der Waals surface area (Å²) >= 11 is 3.38. The highest BCUT2D eigenvalue weighted by molar-refractivity contribution is 9.10. The maximum atomic E-state index is 10.2. The van der Waals surface area contributed by atoms with E-state index in [1.54, 1.807) is 12.1 Å². The van der Waals surface area contributed by atoms with Gasteiger partial charge in [0.1, 0.15) is 6.10 Å². The van der Waals surface area contributed by atoms with Crippen molar-refractivity contribution < 1.29 is 9.47 Å². The van der Waals surface area contributed by atoms with Gasteiger partial charge in [0, 0.05) is 10.9 Å². The molecule has 2 aliphatic heterocycles. The summed E-state index contributed by atoms with van der Waals surface area (Å²) in [6, 6.07) is 13.5. The van der Waals surface area contributed by atoms with Gasteiger partial charge in [-0.15, -0.1) is 0 Å². The van der Waals surface area contributed by atoms with Gasteiger partial charge in [-0.05, 0) is 30.5 Å². The number of ether oxygens (including phenoxy) is 2. The van der Waals surface area contributed by atoms with Gasteiger partial charge in [0.15, 0.2) is 5.41 Å². The lowest BCUT2D eigenvalue weighted by Gasteiger charge is -2.49. The summed E-state index contributed by atoms with van der Waals surface area (Å²) in [5.74, 6) is -1.94. The van der Waals surface area contributed by atoms with Crippen LogP contribution in [-0.4, -0.2) is 11.7 Å². The molecular formula is C20H17BrN4O2. The van der Waals surface area contributed by atoms with E-state index in [4.69, 9.17) is 14.9 Å². The van der Waals surface area contributed by atoms with Crippen molar-refractivity contribution in [2.75, 3.05) is 0 Å². The van der Waals surface area contributed by atoms with Crippen LogP contribution in [0.2, 0.25) is 0 Å². The molecule has 4 atom stereocenters. The molecule has 1 aromatic carbocycles. The SMILES string of the molecule is N#CC1(C#N)[C@@H](c2ccc(Br)cc2)O[C@]23CCCCC[C@@H]2[C@@]1(C#N)C(=N)O3. The van der Waals surface area contributed by atoms with Gasteiger partial charge in [0.05, 0.1) is 24.1 Å². The van der Waals surface area contributed by atoms with Gasteiger partial charge in [-0.3, -0.25) is 5.41 Å². The van der Waals surface area contributed by atoms with E-state index in [-0.39, 0.29) is 5.90 Å². The summed E-state index contributed by atoms with van der Waals surface area (Å²) in [7, 11) is 0. The highest BCUT2D eigenvalue weighted by Crippen LogP contribution is 2.68. The zero-order chi connectivity index (χ0) is 19.3. The molecule has 2 saturated heterocycles. The third kappa shape index (κ3) is 2.09. The number of nitriles is 3. The molecular weight excluding hydrogens is 408 g/mol. The molecule has 1 N–H and O–H groups in total. The van der Waals surface area contributed by atoms with E-state index in [2.05, 4.69) is 34.1 Å². The average Bonchev–Trinajstić information content (AvgIpc) is 2.81. The summed E-state index contributed by atoms with van der Waals surface area (Å²) in [6.07, 6.45) is 2.83. The Balaban J connectivity index is 1.99. The van der Waals surface area contributed by atoms with Crippen LogP contribution in [0.1, 0.15) is 43.8 Å². The Morgan fingerprint density at radius 3 is 2.37 bits per heavy atom. The summed E-state index contributed by atoms with van der Waals surface area (Å²) in [6.45, 7) is 0. The first kappa shape index (κ1) is 18.0. The van der Waals surface area contributed by atoms with Gasteiger partial charge in [0.25, 0.3) is 0 Å². The lowest BCUT2D eigenvalue weighted by molar-refractivity contribution is -0.284. The minimum absolute atomic E-state index is 0.306. The molecule has 1 aliphatic carbocycles. The predicted octanol–water partition coefficient (Wildman–Crippen LogP) is 4.35. The van der Waals surface area contributed by atoms with Crippen molar-refractivity contribution in [2.45, 2.75) is 44.0 Å². The zero-order valence-electron chi connectivity index (χ0n) is 14.5. The number of hydrogen-bond donors (Lipinski definition) is 1. The molecule has 3 aliphatic rings. The number of benzene rings is 1. The molecule has 2 heterocycles. The van der Waals surface area contributed by atoms with Crippen LogP contribution in [0.25, 0.3) is 0 Å². The number of halogens is 1. The van der Waals surface area contributed by atoms with Crippen LogP contribution in [0.5, 0.6) is 0 Å². The molecule has 0 spiro atoms.